The van der Waals surface area contributed by atoms with Gasteiger partial charge in [-0.25, -0.2) is 0 Å². The maximum atomic E-state index is 2.28. The van der Waals surface area contributed by atoms with Crippen LogP contribution in [-0.2, 0) is 0 Å². The van der Waals surface area contributed by atoms with Gasteiger partial charge in [0.2, 0.25) is 0 Å². The van der Waals surface area contributed by atoms with E-state index in [0.29, 0.717) is 0 Å². The summed E-state index contributed by atoms with van der Waals surface area (Å²) in [6, 6.07) is 30.5. The molecule has 29 heavy (non-hydrogen) atoms. The lowest BCUT2D eigenvalue weighted by atomic mass is 9.94. The molecule has 0 N–H and O–H groups in total. The fraction of sp³-hybridized carbons (Fsp3) is 0.0714. The van der Waals surface area contributed by atoms with Crippen LogP contribution in [0.5, 0.6) is 0 Å². The topological polar surface area (TPSA) is 0 Å². The zero-order valence-corrected chi connectivity index (χ0v) is 17.6. The summed E-state index contributed by atoms with van der Waals surface area (Å²) in [7, 11) is 0. The highest BCUT2D eigenvalue weighted by Gasteiger charge is 2.06. The molecule has 0 radical (unpaired) electrons. The van der Waals surface area contributed by atoms with Crippen molar-refractivity contribution >= 4 is 35.1 Å². The number of aryl methyl sites for hydroxylation is 2. The highest BCUT2D eigenvalue weighted by molar-refractivity contribution is 7.10. The lowest BCUT2D eigenvalue weighted by molar-refractivity contribution is 1.43. The van der Waals surface area contributed by atoms with Crippen LogP contribution in [0.1, 0.15) is 38.3 Å². The molecule has 0 saturated carbocycles. The van der Waals surface area contributed by atoms with Crippen LogP contribution in [0.25, 0.3) is 23.8 Å². The number of benzene rings is 3. The lowest BCUT2D eigenvalue weighted by Gasteiger charge is -2.10. The SMILES string of the molecule is Cc1ccc(C(=Cc2ccc(C=Cc3cccs3)cc2)c2ccc(C)cc2)cc1. The Labute approximate surface area is 177 Å². The quantitative estimate of drug-likeness (QED) is 0.301. The molecule has 142 valence electrons. The fourth-order valence-corrected chi connectivity index (χ4v) is 3.85. The molecule has 0 amide bonds. The first kappa shape index (κ1) is 19.2. The second-order valence-electron chi connectivity index (χ2n) is 7.31. The molecule has 0 fully saturated rings. The van der Waals surface area contributed by atoms with E-state index >= 15 is 0 Å². The van der Waals surface area contributed by atoms with E-state index in [1.165, 1.54) is 43.8 Å². The van der Waals surface area contributed by atoms with Crippen LogP contribution in [0.3, 0.4) is 0 Å². The molecule has 3 aromatic carbocycles. The molecule has 0 aliphatic carbocycles. The average Bonchev–Trinajstić information content (AvgIpc) is 3.27. The summed E-state index contributed by atoms with van der Waals surface area (Å²) in [5, 5.41) is 2.10. The number of hydrogen-bond acceptors (Lipinski definition) is 1. The van der Waals surface area contributed by atoms with Crippen molar-refractivity contribution in [3.05, 3.63) is 129 Å². The Kier molecular flexibility index (Phi) is 5.88. The van der Waals surface area contributed by atoms with Crippen molar-refractivity contribution in [2.24, 2.45) is 0 Å². The van der Waals surface area contributed by atoms with Crippen LogP contribution in [0.15, 0.2) is 90.3 Å². The Bertz CT molecular complexity index is 1060. The lowest BCUT2D eigenvalue weighted by Crippen LogP contribution is -1.89. The Morgan fingerprint density at radius 1 is 0.621 bits per heavy atom. The smallest absolute Gasteiger partial charge is 0.0270 e. The predicted molar refractivity (Wildman–Crippen MR) is 129 cm³/mol. The van der Waals surface area contributed by atoms with Crippen molar-refractivity contribution in [1.82, 2.24) is 0 Å². The maximum absolute atomic E-state index is 2.28. The Balaban J connectivity index is 1.66. The first-order valence-corrected chi connectivity index (χ1v) is 10.7. The Hall–Kier alpha value is -3.16. The molecule has 4 aromatic rings. The van der Waals surface area contributed by atoms with Crippen molar-refractivity contribution in [3.8, 4) is 0 Å². The molecule has 0 nitrogen and oxygen atoms in total. The van der Waals surface area contributed by atoms with Crippen molar-refractivity contribution in [3.63, 3.8) is 0 Å². The van der Waals surface area contributed by atoms with Crippen LogP contribution in [0, 0.1) is 13.8 Å². The average molecular weight is 393 g/mol. The molecule has 1 heterocycles. The van der Waals surface area contributed by atoms with Gasteiger partial charge < -0.3 is 0 Å². The molecule has 1 aromatic heterocycles. The number of hydrogen-bond donors (Lipinski definition) is 0. The molecule has 0 spiro atoms. The van der Waals surface area contributed by atoms with Gasteiger partial charge in [0.25, 0.3) is 0 Å². The third kappa shape index (κ3) is 5.01. The van der Waals surface area contributed by atoms with Crippen LogP contribution in [0.4, 0.5) is 0 Å². The van der Waals surface area contributed by atoms with Crippen molar-refractivity contribution in [2.75, 3.05) is 0 Å². The van der Waals surface area contributed by atoms with Gasteiger partial charge in [0.15, 0.2) is 0 Å². The third-order valence-corrected chi connectivity index (χ3v) is 5.79. The van der Waals surface area contributed by atoms with E-state index in [1.54, 1.807) is 11.3 Å². The molecular formula is C28H24S. The summed E-state index contributed by atoms with van der Waals surface area (Å²) in [5.74, 6) is 0. The second kappa shape index (κ2) is 8.89. The molecule has 1 heteroatoms. The van der Waals surface area contributed by atoms with Crippen molar-refractivity contribution < 1.29 is 0 Å². The summed E-state index contributed by atoms with van der Waals surface area (Å²) in [4.78, 5) is 1.27. The zero-order chi connectivity index (χ0) is 20.1. The number of thiophene rings is 1. The molecule has 0 bridgehead atoms. The van der Waals surface area contributed by atoms with E-state index in [2.05, 4.69) is 122 Å². The van der Waals surface area contributed by atoms with Gasteiger partial charge in [-0.1, -0.05) is 96.1 Å². The maximum Gasteiger partial charge on any atom is 0.0270 e. The van der Waals surface area contributed by atoms with Gasteiger partial charge in [-0.15, -0.1) is 11.3 Å². The van der Waals surface area contributed by atoms with E-state index in [4.69, 9.17) is 0 Å². The van der Waals surface area contributed by atoms with E-state index in [-0.39, 0.29) is 0 Å². The summed E-state index contributed by atoms with van der Waals surface area (Å²) in [6.07, 6.45) is 6.61. The minimum absolute atomic E-state index is 1.20. The summed E-state index contributed by atoms with van der Waals surface area (Å²) in [6.45, 7) is 4.25. The van der Waals surface area contributed by atoms with Crippen LogP contribution in [0.2, 0.25) is 0 Å². The first-order chi connectivity index (χ1) is 14.2. The van der Waals surface area contributed by atoms with Gasteiger partial charge in [0.1, 0.15) is 0 Å². The van der Waals surface area contributed by atoms with Gasteiger partial charge in [0.05, 0.1) is 0 Å². The highest BCUT2D eigenvalue weighted by atomic mass is 32.1. The van der Waals surface area contributed by atoms with E-state index in [0.717, 1.165) is 0 Å². The van der Waals surface area contributed by atoms with Crippen LogP contribution < -0.4 is 0 Å². The summed E-state index contributed by atoms with van der Waals surface area (Å²) >= 11 is 1.75. The standard InChI is InChI=1S/C28H24S/c1-21-5-14-25(15-6-21)28(26-16-7-22(2)8-17-26)20-24-11-9-23(10-12-24)13-18-27-4-3-19-29-27/h3-20H,1-2H3. The fourth-order valence-electron chi connectivity index (χ4n) is 3.23. The van der Waals surface area contributed by atoms with Crippen molar-refractivity contribution in [1.29, 1.82) is 0 Å². The molecule has 0 aliphatic rings. The third-order valence-electron chi connectivity index (χ3n) is 4.96. The molecule has 0 aliphatic heterocycles. The van der Waals surface area contributed by atoms with Gasteiger partial charge in [-0.2, -0.15) is 0 Å². The van der Waals surface area contributed by atoms with Gasteiger partial charge in [-0.05, 0) is 65.3 Å². The van der Waals surface area contributed by atoms with Gasteiger partial charge in [-0.3, -0.25) is 0 Å². The van der Waals surface area contributed by atoms with Crippen LogP contribution >= 0.6 is 11.3 Å². The Morgan fingerprint density at radius 2 is 1.17 bits per heavy atom. The summed E-state index contributed by atoms with van der Waals surface area (Å²) in [5.41, 5.74) is 8.68. The second-order valence-corrected chi connectivity index (χ2v) is 8.28. The highest BCUT2D eigenvalue weighted by Crippen LogP contribution is 2.27. The van der Waals surface area contributed by atoms with Crippen molar-refractivity contribution in [2.45, 2.75) is 13.8 Å². The number of rotatable bonds is 5. The molecule has 0 atom stereocenters. The largest absolute Gasteiger partial charge is 0.144 e. The Morgan fingerprint density at radius 3 is 1.69 bits per heavy atom. The summed E-state index contributed by atoms with van der Waals surface area (Å²) < 4.78 is 0. The van der Waals surface area contributed by atoms with Gasteiger partial charge in [0, 0.05) is 4.88 Å². The van der Waals surface area contributed by atoms with Crippen LogP contribution in [-0.4, -0.2) is 0 Å². The molecular weight excluding hydrogens is 368 g/mol. The van der Waals surface area contributed by atoms with E-state index < -0.39 is 0 Å². The van der Waals surface area contributed by atoms with Gasteiger partial charge >= 0.3 is 0 Å². The van der Waals surface area contributed by atoms with E-state index in [9.17, 15) is 0 Å². The minimum Gasteiger partial charge on any atom is -0.144 e. The first-order valence-electron chi connectivity index (χ1n) is 9.85. The minimum atomic E-state index is 1.20. The predicted octanol–water partition coefficient (Wildman–Crippen LogP) is 8.12. The molecule has 0 saturated heterocycles. The normalized spacial score (nSPS) is 11.0. The molecule has 0 unspecified atom stereocenters. The monoisotopic (exact) mass is 392 g/mol. The molecule has 4 rings (SSSR count). The zero-order valence-electron chi connectivity index (χ0n) is 16.8. The van der Waals surface area contributed by atoms with E-state index in [1.807, 2.05) is 0 Å².